The zero-order chi connectivity index (χ0) is 15.2. The number of benzene rings is 3. The van der Waals surface area contributed by atoms with Crippen molar-refractivity contribution in [2.75, 3.05) is 0 Å². The Labute approximate surface area is 184 Å². The second-order valence-electron chi connectivity index (χ2n) is 6.28. The molecule has 0 aromatic heterocycles. The first-order valence-electron chi connectivity index (χ1n) is 8.14. The van der Waals surface area contributed by atoms with E-state index in [2.05, 4.69) is 78.9 Å². The largest absolute Gasteiger partial charge is 1.00 e. The van der Waals surface area contributed by atoms with Crippen LogP contribution in [0, 0.1) is 0 Å². The second-order valence-corrected chi connectivity index (χ2v) is 9.84. The van der Waals surface area contributed by atoms with Crippen molar-refractivity contribution in [3.05, 3.63) is 95.1 Å². The first-order chi connectivity index (χ1) is 11.4. The summed E-state index contributed by atoms with van der Waals surface area (Å²) in [5, 5.41) is 0. The fourth-order valence-electron chi connectivity index (χ4n) is 3.84. The summed E-state index contributed by atoms with van der Waals surface area (Å²) in [6.07, 6.45) is 5.89. The van der Waals surface area contributed by atoms with Crippen molar-refractivity contribution < 1.29 is 60.5 Å². The molecular formula is C22H16Cl3Zr. The van der Waals surface area contributed by atoms with Crippen LogP contribution in [0.5, 0.6) is 0 Å². The predicted molar refractivity (Wildman–Crippen MR) is 92.5 cm³/mol. The smallest absolute Gasteiger partial charge is 1.00 e. The molecule has 5 rings (SSSR count). The minimum absolute atomic E-state index is 0. The minimum atomic E-state index is -0.696. The molecule has 2 aliphatic carbocycles. The van der Waals surface area contributed by atoms with Gasteiger partial charge in [0.15, 0.2) is 0 Å². The number of allylic oxidation sites excluding steroid dienone is 1. The molecule has 0 heterocycles. The molecule has 0 radical (unpaired) electrons. The van der Waals surface area contributed by atoms with Crippen molar-refractivity contribution >= 4 is 9.35 Å². The molecule has 0 spiro atoms. The summed E-state index contributed by atoms with van der Waals surface area (Å²) < 4.78 is 2.36. The van der Waals surface area contributed by atoms with Crippen LogP contribution in [-0.2, 0) is 29.7 Å². The molecule has 0 amide bonds. The van der Waals surface area contributed by atoms with E-state index in [1.807, 2.05) is 0 Å². The van der Waals surface area contributed by atoms with Gasteiger partial charge in [0.25, 0.3) is 0 Å². The maximum absolute atomic E-state index is 2.44. The Morgan fingerprint density at radius 3 is 2.35 bits per heavy atom. The van der Waals surface area contributed by atoms with Crippen LogP contribution >= 0.6 is 0 Å². The van der Waals surface area contributed by atoms with E-state index in [-0.39, 0.29) is 37.2 Å². The molecule has 1 unspecified atom stereocenters. The Balaban J connectivity index is 0.000000810. The first-order valence-corrected chi connectivity index (χ1v) is 10.8. The van der Waals surface area contributed by atoms with Crippen LogP contribution in [0.2, 0.25) is 0 Å². The third-order valence-corrected chi connectivity index (χ3v) is 8.88. The molecule has 0 nitrogen and oxygen atoms in total. The number of hydrogen-bond acceptors (Lipinski definition) is 0. The fourth-order valence-corrected chi connectivity index (χ4v) is 7.61. The quantitative estimate of drug-likeness (QED) is 0.274. The molecule has 0 fully saturated rings. The molecular weight excluding hydrogens is 462 g/mol. The van der Waals surface area contributed by atoms with Gasteiger partial charge in [-0.1, -0.05) is 0 Å². The molecule has 0 saturated heterocycles. The number of hydrogen-bond donors (Lipinski definition) is 0. The van der Waals surface area contributed by atoms with Crippen molar-refractivity contribution in [2.24, 2.45) is 0 Å². The van der Waals surface area contributed by atoms with E-state index in [0.717, 1.165) is 6.42 Å². The molecule has 0 aliphatic heterocycles. The van der Waals surface area contributed by atoms with Gasteiger partial charge in [0.1, 0.15) is 0 Å². The van der Waals surface area contributed by atoms with Gasteiger partial charge in [-0.2, -0.15) is 0 Å². The van der Waals surface area contributed by atoms with Crippen molar-refractivity contribution in [1.82, 2.24) is 0 Å². The molecule has 1 atom stereocenters. The summed E-state index contributed by atoms with van der Waals surface area (Å²) in [6, 6.07) is 24.8. The summed E-state index contributed by atoms with van der Waals surface area (Å²) in [6.45, 7) is 0. The van der Waals surface area contributed by atoms with Crippen molar-refractivity contribution in [3.8, 4) is 11.1 Å². The maximum atomic E-state index is 2.44. The molecule has 3 aromatic rings. The van der Waals surface area contributed by atoms with Gasteiger partial charge in [0, 0.05) is 0 Å². The third-order valence-electron chi connectivity index (χ3n) is 4.96. The molecule has 129 valence electrons. The van der Waals surface area contributed by atoms with E-state index < -0.39 is 23.2 Å². The van der Waals surface area contributed by atoms with Crippen LogP contribution in [0.1, 0.15) is 25.9 Å². The molecule has 0 saturated carbocycles. The molecule has 0 bridgehead atoms. The van der Waals surface area contributed by atoms with E-state index in [1.165, 1.54) is 22.3 Å². The topological polar surface area (TPSA) is 0 Å². The van der Waals surface area contributed by atoms with Gasteiger partial charge >= 0.3 is 149 Å². The Morgan fingerprint density at radius 1 is 0.731 bits per heavy atom. The van der Waals surface area contributed by atoms with Gasteiger partial charge in [-0.3, -0.25) is 0 Å². The Hall–Kier alpha value is -0.847. The molecule has 3 aromatic carbocycles. The van der Waals surface area contributed by atoms with Crippen LogP contribution < -0.4 is 40.5 Å². The summed E-state index contributed by atoms with van der Waals surface area (Å²) in [5.41, 5.74) is 9.01. The summed E-state index contributed by atoms with van der Waals surface area (Å²) in [4.78, 5) is 0. The van der Waals surface area contributed by atoms with E-state index in [9.17, 15) is 0 Å². The Bertz CT molecular complexity index is 950. The van der Waals surface area contributed by atoms with Crippen LogP contribution in [-0.4, -0.2) is 0 Å². The van der Waals surface area contributed by atoms with Crippen LogP contribution in [0.4, 0.5) is 0 Å². The minimum Gasteiger partial charge on any atom is -1.00 e. The van der Waals surface area contributed by atoms with Crippen molar-refractivity contribution in [2.45, 2.75) is 10.0 Å². The van der Waals surface area contributed by atoms with Gasteiger partial charge in [0.05, 0.1) is 0 Å². The Kier molecular flexibility index (Phi) is 7.34. The number of fused-ring (bicyclic) bond motifs is 4. The zero-order valence-electron chi connectivity index (χ0n) is 13.9. The summed E-state index contributed by atoms with van der Waals surface area (Å²) in [7, 11) is 0. The predicted octanol–water partition coefficient (Wildman–Crippen LogP) is -4.25. The summed E-state index contributed by atoms with van der Waals surface area (Å²) >= 11 is -0.696. The van der Waals surface area contributed by atoms with Crippen LogP contribution in [0.15, 0.2) is 72.8 Å². The van der Waals surface area contributed by atoms with E-state index in [0.29, 0.717) is 3.63 Å². The average Bonchev–Trinajstić information content (AvgIpc) is 3.17. The molecule has 0 N–H and O–H groups in total. The summed E-state index contributed by atoms with van der Waals surface area (Å²) in [5.74, 6) is 0. The zero-order valence-corrected chi connectivity index (χ0v) is 18.6. The Morgan fingerprint density at radius 2 is 1.46 bits per heavy atom. The SMILES string of the molecule is C1=C[CH]([Zr+3][c]2cccc3c2Cc2ccccc2-3)c2ccccc21.[Cl-].[Cl-].[Cl-]. The molecule has 2 aliphatic rings. The number of halogens is 3. The average molecular weight is 478 g/mol. The van der Waals surface area contributed by atoms with Crippen LogP contribution in [0.25, 0.3) is 17.2 Å². The third kappa shape index (κ3) is 3.60. The van der Waals surface area contributed by atoms with Gasteiger partial charge in [-0.15, -0.1) is 0 Å². The second kappa shape index (κ2) is 8.89. The monoisotopic (exact) mass is 475 g/mol. The fraction of sp³-hybridized carbons (Fsp3) is 0.0909. The van der Waals surface area contributed by atoms with E-state index >= 15 is 0 Å². The molecule has 26 heavy (non-hydrogen) atoms. The van der Waals surface area contributed by atoms with E-state index in [4.69, 9.17) is 0 Å². The van der Waals surface area contributed by atoms with Gasteiger partial charge in [-0.05, 0) is 0 Å². The van der Waals surface area contributed by atoms with Gasteiger partial charge in [-0.25, -0.2) is 0 Å². The number of rotatable bonds is 2. The van der Waals surface area contributed by atoms with Crippen molar-refractivity contribution in [1.29, 1.82) is 0 Å². The van der Waals surface area contributed by atoms with E-state index in [1.54, 1.807) is 14.4 Å². The van der Waals surface area contributed by atoms with Crippen molar-refractivity contribution in [3.63, 3.8) is 0 Å². The van der Waals surface area contributed by atoms with Gasteiger partial charge < -0.3 is 37.2 Å². The molecule has 4 heteroatoms. The van der Waals surface area contributed by atoms with Crippen LogP contribution in [0.3, 0.4) is 0 Å². The first kappa shape index (κ1) is 21.5. The normalized spacial score (nSPS) is 14.7. The maximum Gasteiger partial charge on any atom is -1.00 e. The standard InChI is InChI=1S/C13H9.C9H7.3ClH.Zr/c1-3-7-12-10(5-1)9-11-6-2-4-8-13(11)12;1-2-5-9-7-3-6-8(9)4-1;;;;/h1-5,7-8H,9H2;1-7H;3*1H;/q;;;;;+3/p-3. The van der Waals surface area contributed by atoms with Gasteiger partial charge in [0.2, 0.25) is 0 Å².